The van der Waals surface area contributed by atoms with Crippen molar-refractivity contribution >= 4 is 25.2 Å². The second-order valence-electron chi connectivity index (χ2n) is 4.71. The molecule has 0 spiro atoms. The molecule has 1 fully saturated rings. The van der Waals surface area contributed by atoms with Gasteiger partial charge in [-0.3, -0.25) is 9.13 Å². The van der Waals surface area contributed by atoms with E-state index in [9.17, 15) is 14.8 Å². The van der Waals surface area contributed by atoms with Crippen LogP contribution in [-0.2, 0) is 13.8 Å². The van der Waals surface area contributed by atoms with Crippen molar-refractivity contribution in [2.45, 2.75) is 24.5 Å². The quantitative estimate of drug-likeness (QED) is 0.480. The van der Waals surface area contributed by atoms with Crippen LogP contribution in [0.15, 0.2) is 12.7 Å². The highest BCUT2D eigenvalue weighted by atomic mass is 31.1. The number of aromatic nitrogens is 4. The van der Waals surface area contributed by atoms with Crippen molar-refractivity contribution in [3.8, 4) is 0 Å². The molecule has 3 heterocycles. The number of aliphatic hydroxyl groups is 2. The summed E-state index contributed by atoms with van der Waals surface area (Å²) in [4.78, 5) is 20.5. The van der Waals surface area contributed by atoms with Crippen LogP contribution in [0.25, 0.3) is 11.2 Å². The number of rotatable bonds is 4. The third-order valence-corrected chi connectivity index (χ3v) is 3.78. The molecule has 120 valence electrons. The minimum atomic E-state index is -3.15. The Hall–Kier alpha value is -1.62. The number of nitrogens with two attached hydrogens (primary N) is 1. The molecule has 0 bridgehead atoms. The molecule has 3 rings (SSSR count). The number of anilines is 1. The third kappa shape index (κ3) is 2.58. The number of nitrogen functional groups attached to an aromatic ring is 1. The van der Waals surface area contributed by atoms with Gasteiger partial charge in [-0.1, -0.05) is 0 Å². The Morgan fingerprint density at radius 1 is 1.36 bits per heavy atom. The van der Waals surface area contributed by atoms with E-state index >= 15 is 0 Å². The summed E-state index contributed by atoms with van der Waals surface area (Å²) in [6.07, 6.45) is -1.92. The van der Waals surface area contributed by atoms with Gasteiger partial charge in [0.2, 0.25) is 0 Å². The Morgan fingerprint density at radius 3 is 2.86 bits per heavy atom. The first-order valence-corrected chi connectivity index (χ1v) is 7.55. The molecular formula is C10H14N5O6P. The molecule has 5 N–H and O–H groups in total. The SMILES string of the molecule is Nc1ncnc2c1ncn2C1O[C@H](CO[PH](=O)O)[C@H](O)C1O. The number of ether oxygens (including phenoxy) is 1. The predicted octanol–water partition coefficient (Wildman–Crippen LogP) is -1.57. The smallest absolute Gasteiger partial charge is 0.316 e. The fourth-order valence-electron chi connectivity index (χ4n) is 2.31. The van der Waals surface area contributed by atoms with Crippen LogP contribution in [-0.4, -0.2) is 59.5 Å². The first kappa shape index (κ1) is 15.3. The van der Waals surface area contributed by atoms with Crippen LogP contribution in [0, 0.1) is 0 Å². The van der Waals surface area contributed by atoms with Gasteiger partial charge in [-0.15, -0.1) is 0 Å². The van der Waals surface area contributed by atoms with Crippen LogP contribution in [0.5, 0.6) is 0 Å². The second-order valence-corrected chi connectivity index (χ2v) is 5.53. The molecule has 0 saturated carbocycles. The fourth-order valence-corrected chi connectivity index (χ4v) is 2.61. The highest BCUT2D eigenvalue weighted by molar-refractivity contribution is 7.32. The molecule has 5 atom stereocenters. The Balaban J connectivity index is 1.87. The lowest BCUT2D eigenvalue weighted by Crippen LogP contribution is -2.33. The summed E-state index contributed by atoms with van der Waals surface area (Å²) in [6, 6.07) is 0. The third-order valence-electron chi connectivity index (χ3n) is 3.37. The Morgan fingerprint density at radius 2 is 2.14 bits per heavy atom. The van der Waals surface area contributed by atoms with Crippen molar-refractivity contribution in [2.24, 2.45) is 0 Å². The van der Waals surface area contributed by atoms with Crippen LogP contribution < -0.4 is 5.73 Å². The van der Waals surface area contributed by atoms with Gasteiger partial charge in [0.1, 0.15) is 30.2 Å². The van der Waals surface area contributed by atoms with E-state index in [0.29, 0.717) is 11.2 Å². The molecule has 0 amide bonds. The number of hydrogen-bond acceptors (Lipinski definition) is 9. The molecule has 11 nitrogen and oxygen atoms in total. The average molecular weight is 331 g/mol. The maximum Gasteiger partial charge on any atom is 0.316 e. The predicted molar refractivity (Wildman–Crippen MR) is 72.8 cm³/mol. The summed E-state index contributed by atoms with van der Waals surface area (Å²) in [6.45, 7) is -0.327. The Labute approximate surface area is 124 Å². The maximum absolute atomic E-state index is 10.6. The molecule has 0 radical (unpaired) electrons. The average Bonchev–Trinajstić information content (AvgIpc) is 3.01. The van der Waals surface area contributed by atoms with E-state index in [1.807, 2.05) is 0 Å². The van der Waals surface area contributed by atoms with Gasteiger partial charge < -0.3 is 30.1 Å². The van der Waals surface area contributed by atoms with Gasteiger partial charge in [-0.2, -0.15) is 0 Å². The van der Waals surface area contributed by atoms with E-state index in [1.165, 1.54) is 17.2 Å². The van der Waals surface area contributed by atoms with Gasteiger partial charge in [0.15, 0.2) is 17.7 Å². The molecule has 22 heavy (non-hydrogen) atoms. The van der Waals surface area contributed by atoms with Gasteiger partial charge in [-0.05, 0) is 0 Å². The fraction of sp³-hybridized carbons (Fsp3) is 0.500. The Kier molecular flexibility index (Phi) is 4.08. The van der Waals surface area contributed by atoms with E-state index in [0.717, 1.165) is 0 Å². The van der Waals surface area contributed by atoms with Gasteiger partial charge in [0.05, 0.1) is 12.9 Å². The summed E-state index contributed by atoms with van der Waals surface area (Å²) in [5.74, 6) is 0.176. The molecule has 1 aliphatic rings. The first-order chi connectivity index (χ1) is 10.5. The molecular weight excluding hydrogens is 317 g/mol. The van der Waals surface area contributed by atoms with Crippen LogP contribution in [0.2, 0.25) is 0 Å². The van der Waals surface area contributed by atoms with E-state index < -0.39 is 32.8 Å². The minimum Gasteiger partial charge on any atom is -0.387 e. The molecule has 1 saturated heterocycles. The van der Waals surface area contributed by atoms with Crippen molar-refractivity contribution in [3.05, 3.63) is 12.7 Å². The van der Waals surface area contributed by atoms with Crippen LogP contribution in [0.4, 0.5) is 5.82 Å². The molecule has 12 heteroatoms. The van der Waals surface area contributed by atoms with Gasteiger partial charge in [0, 0.05) is 0 Å². The number of hydrogen-bond donors (Lipinski definition) is 4. The first-order valence-electron chi connectivity index (χ1n) is 6.29. The standard InChI is InChI=1S/C10H14N5O6P/c11-8-5-9(13-2-12-8)15(3-14-5)10-7(17)6(16)4(21-10)1-20-22(18)19/h2-4,6-7,10,16-17,22H,1H2,(H,18,19)(H2,11,12,13)/t4-,6+,7?,10?/m1/s1. The van der Waals surface area contributed by atoms with Crippen LogP contribution in [0.1, 0.15) is 6.23 Å². The minimum absolute atomic E-state index is 0.176. The summed E-state index contributed by atoms with van der Waals surface area (Å²) in [7, 11) is -3.15. The lowest BCUT2D eigenvalue weighted by molar-refractivity contribution is -0.0476. The normalized spacial score (nSPS) is 30.0. The van der Waals surface area contributed by atoms with Crippen molar-refractivity contribution in [1.82, 2.24) is 19.5 Å². The zero-order valence-electron chi connectivity index (χ0n) is 11.1. The highest BCUT2D eigenvalue weighted by Crippen LogP contribution is 2.33. The topological polar surface area (TPSA) is 166 Å². The number of nitrogens with zero attached hydrogens (tertiary/aromatic N) is 4. The van der Waals surface area contributed by atoms with Crippen molar-refractivity contribution in [1.29, 1.82) is 0 Å². The number of fused-ring (bicyclic) bond motifs is 1. The van der Waals surface area contributed by atoms with Crippen LogP contribution >= 0.6 is 8.25 Å². The van der Waals surface area contributed by atoms with Crippen molar-refractivity contribution < 1.29 is 28.9 Å². The largest absolute Gasteiger partial charge is 0.387 e. The Bertz CT molecular complexity index is 710. The zero-order chi connectivity index (χ0) is 15.9. The lowest BCUT2D eigenvalue weighted by Gasteiger charge is -2.16. The van der Waals surface area contributed by atoms with Gasteiger partial charge in [-0.25, -0.2) is 15.0 Å². The maximum atomic E-state index is 10.6. The molecule has 1 aliphatic heterocycles. The second kappa shape index (κ2) is 5.88. The molecule has 3 unspecified atom stereocenters. The number of aliphatic hydroxyl groups excluding tert-OH is 2. The summed E-state index contributed by atoms with van der Waals surface area (Å²) >= 11 is 0. The van der Waals surface area contributed by atoms with Crippen molar-refractivity contribution in [3.63, 3.8) is 0 Å². The van der Waals surface area contributed by atoms with Crippen LogP contribution in [0.3, 0.4) is 0 Å². The van der Waals surface area contributed by atoms with E-state index in [4.69, 9.17) is 15.4 Å². The summed E-state index contributed by atoms with van der Waals surface area (Å²) < 4.78 is 22.0. The number of imidazole rings is 1. The lowest BCUT2D eigenvalue weighted by atomic mass is 10.1. The highest BCUT2D eigenvalue weighted by Gasteiger charge is 2.44. The molecule has 2 aromatic heterocycles. The van der Waals surface area contributed by atoms with Crippen molar-refractivity contribution in [2.75, 3.05) is 12.3 Å². The van der Waals surface area contributed by atoms with E-state index in [-0.39, 0.29) is 12.4 Å². The van der Waals surface area contributed by atoms with Gasteiger partial charge >= 0.3 is 8.25 Å². The molecule has 2 aromatic rings. The van der Waals surface area contributed by atoms with Gasteiger partial charge in [0.25, 0.3) is 0 Å². The zero-order valence-corrected chi connectivity index (χ0v) is 12.1. The van der Waals surface area contributed by atoms with E-state index in [2.05, 4.69) is 19.5 Å². The summed E-state index contributed by atoms with van der Waals surface area (Å²) in [5, 5.41) is 20.1. The monoisotopic (exact) mass is 331 g/mol. The molecule has 0 aromatic carbocycles. The summed E-state index contributed by atoms with van der Waals surface area (Å²) in [5.41, 5.74) is 6.35. The van der Waals surface area contributed by atoms with E-state index in [1.54, 1.807) is 0 Å². The molecule has 0 aliphatic carbocycles.